The summed E-state index contributed by atoms with van der Waals surface area (Å²) in [6.45, 7) is 7.26. The molecule has 3 heterocycles. The summed E-state index contributed by atoms with van der Waals surface area (Å²) in [7, 11) is 0. The lowest BCUT2D eigenvalue weighted by molar-refractivity contribution is -0.118. The molecular weight excluding hydrogens is 490 g/mol. The van der Waals surface area contributed by atoms with E-state index in [0.29, 0.717) is 40.9 Å². The summed E-state index contributed by atoms with van der Waals surface area (Å²) in [6.07, 6.45) is 0.802. The highest BCUT2D eigenvalue weighted by Gasteiger charge is 2.29. The third-order valence-electron chi connectivity index (χ3n) is 6.38. The summed E-state index contributed by atoms with van der Waals surface area (Å²) in [6, 6.07) is 17.6. The third-order valence-corrected chi connectivity index (χ3v) is 8.42. The van der Waals surface area contributed by atoms with Crippen molar-refractivity contribution >= 4 is 39.2 Å². The number of thioether (sulfide) groups is 1. The van der Waals surface area contributed by atoms with Gasteiger partial charge < -0.3 is 10.1 Å². The number of carbonyl (C=O) groups excluding carboxylic acids is 1. The van der Waals surface area contributed by atoms with Crippen molar-refractivity contribution in [3.8, 4) is 5.69 Å². The molecule has 0 saturated carbocycles. The SMILES string of the molecule is Cc1cccc(-n2c(SCC(=O)NCc3ccccc3)nc3sc4c(c3c2=O)CC(C(C)C)OC4)c1. The van der Waals surface area contributed by atoms with Crippen molar-refractivity contribution in [2.45, 2.75) is 51.6 Å². The Labute approximate surface area is 218 Å². The van der Waals surface area contributed by atoms with Crippen molar-refractivity contribution in [3.63, 3.8) is 0 Å². The van der Waals surface area contributed by atoms with Gasteiger partial charge in [0.05, 0.1) is 29.5 Å². The maximum atomic E-state index is 14.0. The minimum absolute atomic E-state index is 0.0836. The molecule has 4 aromatic rings. The molecule has 1 amide bonds. The zero-order valence-electron chi connectivity index (χ0n) is 20.6. The van der Waals surface area contributed by atoms with Gasteiger partial charge in [-0.15, -0.1) is 11.3 Å². The van der Waals surface area contributed by atoms with Crippen LogP contribution in [0.4, 0.5) is 0 Å². The molecule has 0 radical (unpaired) electrons. The Morgan fingerprint density at radius 3 is 2.78 bits per heavy atom. The van der Waals surface area contributed by atoms with Crippen LogP contribution in [0.5, 0.6) is 0 Å². The first-order valence-electron chi connectivity index (χ1n) is 12.1. The average molecular weight is 520 g/mol. The Hall–Kier alpha value is -2.94. The molecule has 6 nitrogen and oxygen atoms in total. The number of amides is 1. The highest BCUT2D eigenvalue weighted by molar-refractivity contribution is 7.99. The van der Waals surface area contributed by atoms with Crippen LogP contribution in [0.3, 0.4) is 0 Å². The predicted molar refractivity (Wildman–Crippen MR) is 146 cm³/mol. The number of nitrogens with zero attached hydrogens (tertiary/aromatic N) is 2. The fourth-order valence-electron chi connectivity index (χ4n) is 4.41. The Morgan fingerprint density at radius 2 is 2.03 bits per heavy atom. The standard InChI is InChI=1S/C28H29N3O3S2/c1-17(2)22-13-21-23(15-34-22)36-26-25(21)27(33)31(20-11-7-8-18(3)12-20)28(30-26)35-16-24(32)29-14-19-9-5-4-6-10-19/h4-12,17,22H,13-16H2,1-3H3,(H,29,32). The quantitative estimate of drug-likeness (QED) is 0.266. The average Bonchev–Trinajstić information content (AvgIpc) is 3.24. The molecule has 2 aromatic heterocycles. The summed E-state index contributed by atoms with van der Waals surface area (Å²) < 4.78 is 7.72. The minimum Gasteiger partial charge on any atom is -0.372 e. The maximum Gasteiger partial charge on any atom is 0.267 e. The molecule has 1 unspecified atom stereocenters. The first-order valence-corrected chi connectivity index (χ1v) is 13.9. The second kappa shape index (κ2) is 10.6. The van der Waals surface area contributed by atoms with Gasteiger partial charge in [0, 0.05) is 17.8 Å². The molecule has 5 rings (SSSR count). The van der Waals surface area contributed by atoms with Crippen LogP contribution in [-0.4, -0.2) is 27.3 Å². The number of rotatable bonds is 7. The first-order chi connectivity index (χ1) is 17.4. The normalized spacial score (nSPS) is 15.3. The lowest BCUT2D eigenvalue weighted by Gasteiger charge is -2.26. The van der Waals surface area contributed by atoms with Crippen molar-refractivity contribution < 1.29 is 9.53 Å². The summed E-state index contributed by atoms with van der Waals surface area (Å²) in [5.41, 5.74) is 3.83. The summed E-state index contributed by atoms with van der Waals surface area (Å²) in [5, 5.41) is 4.16. The van der Waals surface area contributed by atoms with Crippen molar-refractivity contribution in [2.24, 2.45) is 5.92 Å². The van der Waals surface area contributed by atoms with E-state index in [9.17, 15) is 9.59 Å². The van der Waals surface area contributed by atoms with E-state index in [1.54, 1.807) is 4.57 Å². The third kappa shape index (κ3) is 5.12. The maximum absolute atomic E-state index is 14.0. The van der Waals surface area contributed by atoms with Crippen LogP contribution in [0.2, 0.25) is 0 Å². The summed E-state index contributed by atoms with van der Waals surface area (Å²) in [4.78, 5) is 33.3. The fourth-order valence-corrected chi connectivity index (χ4v) is 6.41. The van der Waals surface area contributed by atoms with Crippen LogP contribution >= 0.6 is 23.1 Å². The van der Waals surface area contributed by atoms with Crippen LogP contribution in [-0.2, 0) is 29.1 Å². The molecule has 186 valence electrons. The highest BCUT2D eigenvalue weighted by atomic mass is 32.2. The van der Waals surface area contributed by atoms with E-state index < -0.39 is 0 Å². The van der Waals surface area contributed by atoms with E-state index in [2.05, 4.69) is 19.2 Å². The fraction of sp³-hybridized carbons (Fsp3) is 0.321. The van der Waals surface area contributed by atoms with E-state index in [1.165, 1.54) is 23.1 Å². The van der Waals surface area contributed by atoms with Gasteiger partial charge in [-0.2, -0.15) is 0 Å². The van der Waals surface area contributed by atoms with Crippen LogP contribution in [0.1, 0.15) is 35.4 Å². The number of hydrogen-bond acceptors (Lipinski definition) is 6. The number of aryl methyl sites for hydroxylation is 1. The lowest BCUT2D eigenvalue weighted by Crippen LogP contribution is -2.28. The first kappa shape index (κ1) is 24.7. The molecule has 0 spiro atoms. The Balaban J connectivity index is 1.49. The molecular formula is C28H29N3O3S2. The van der Waals surface area contributed by atoms with E-state index in [-0.39, 0.29) is 23.3 Å². The number of ether oxygens (including phenoxy) is 1. The minimum atomic E-state index is -0.104. The Bertz CT molecular complexity index is 1460. The predicted octanol–water partition coefficient (Wildman–Crippen LogP) is 5.26. The second-order valence-electron chi connectivity index (χ2n) is 9.41. The van der Waals surface area contributed by atoms with Gasteiger partial charge in [0.25, 0.3) is 5.56 Å². The van der Waals surface area contributed by atoms with Gasteiger partial charge in [-0.25, -0.2) is 4.98 Å². The van der Waals surface area contributed by atoms with Crippen molar-refractivity contribution in [3.05, 3.63) is 86.5 Å². The number of carbonyl (C=O) groups is 1. The Morgan fingerprint density at radius 1 is 1.22 bits per heavy atom. The van der Waals surface area contributed by atoms with Crippen LogP contribution in [0.15, 0.2) is 64.5 Å². The van der Waals surface area contributed by atoms with Gasteiger partial charge in [-0.3, -0.25) is 14.2 Å². The molecule has 1 atom stereocenters. The Kier molecular flexibility index (Phi) is 7.27. The summed E-state index contributed by atoms with van der Waals surface area (Å²) in [5.74, 6) is 0.428. The number of benzene rings is 2. The molecule has 0 fully saturated rings. The van der Waals surface area contributed by atoms with E-state index in [4.69, 9.17) is 9.72 Å². The number of thiophene rings is 1. The molecule has 1 aliphatic rings. The lowest BCUT2D eigenvalue weighted by atomic mass is 9.96. The van der Waals surface area contributed by atoms with Crippen molar-refractivity contribution in [1.82, 2.24) is 14.9 Å². The van der Waals surface area contributed by atoms with Crippen molar-refractivity contribution in [2.75, 3.05) is 5.75 Å². The molecule has 1 N–H and O–H groups in total. The zero-order chi connectivity index (χ0) is 25.2. The van der Waals surface area contributed by atoms with Gasteiger partial charge in [0.2, 0.25) is 5.91 Å². The second-order valence-corrected chi connectivity index (χ2v) is 11.4. The topological polar surface area (TPSA) is 73.2 Å². The molecule has 36 heavy (non-hydrogen) atoms. The van der Waals surface area contributed by atoms with E-state index in [0.717, 1.165) is 27.3 Å². The van der Waals surface area contributed by atoms with E-state index in [1.807, 2.05) is 61.5 Å². The molecule has 0 bridgehead atoms. The number of hydrogen-bond donors (Lipinski definition) is 1. The van der Waals surface area contributed by atoms with Gasteiger partial charge >= 0.3 is 0 Å². The molecule has 0 aliphatic carbocycles. The van der Waals surface area contributed by atoms with Crippen LogP contribution in [0, 0.1) is 12.8 Å². The van der Waals surface area contributed by atoms with Crippen LogP contribution in [0.25, 0.3) is 15.9 Å². The summed E-state index contributed by atoms with van der Waals surface area (Å²) >= 11 is 2.81. The molecule has 8 heteroatoms. The smallest absolute Gasteiger partial charge is 0.267 e. The molecule has 1 aliphatic heterocycles. The van der Waals surface area contributed by atoms with Gasteiger partial charge in [-0.1, -0.05) is 68.1 Å². The van der Waals surface area contributed by atoms with Gasteiger partial charge in [0.15, 0.2) is 5.16 Å². The molecule has 0 saturated heterocycles. The number of fused-ring (bicyclic) bond motifs is 3. The van der Waals surface area contributed by atoms with Gasteiger partial charge in [-0.05, 0) is 41.7 Å². The monoisotopic (exact) mass is 519 g/mol. The van der Waals surface area contributed by atoms with Crippen LogP contribution < -0.4 is 10.9 Å². The highest BCUT2D eigenvalue weighted by Crippen LogP contribution is 2.36. The zero-order valence-corrected chi connectivity index (χ0v) is 22.2. The van der Waals surface area contributed by atoms with Gasteiger partial charge in [0.1, 0.15) is 4.83 Å². The molecule has 2 aromatic carbocycles. The van der Waals surface area contributed by atoms with E-state index >= 15 is 0 Å². The largest absolute Gasteiger partial charge is 0.372 e. The number of aromatic nitrogens is 2. The van der Waals surface area contributed by atoms with Crippen molar-refractivity contribution in [1.29, 1.82) is 0 Å². The number of nitrogens with one attached hydrogen (secondary N) is 1.